The first kappa shape index (κ1) is 22.0. The van der Waals surface area contributed by atoms with Gasteiger partial charge in [-0.05, 0) is 55.7 Å². The topological polar surface area (TPSA) is 72.7 Å². The number of hydrogen-bond acceptors (Lipinski definition) is 4. The first-order chi connectivity index (χ1) is 17.6. The first-order valence-corrected chi connectivity index (χ1v) is 12.1. The summed E-state index contributed by atoms with van der Waals surface area (Å²) in [6.45, 7) is 1.93. The lowest BCUT2D eigenvalue weighted by Crippen LogP contribution is -2.36. The van der Waals surface area contributed by atoms with Gasteiger partial charge in [-0.15, -0.1) is 0 Å². The van der Waals surface area contributed by atoms with Gasteiger partial charge in [0.15, 0.2) is 6.61 Å². The van der Waals surface area contributed by atoms with Gasteiger partial charge in [0, 0.05) is 33.8 Å². The van der Waals surface area contributed by atoms with Crippen LogP contribution in [-0.2, 0) is 11.2 Å². The summed E-state index contributed by atoms with van der Waals surface area (Å²) >= 11 is 0. The third-order valence-electron chi connectivity index (χ3n) is 6.75. The Bertz CT molecular complexity index is 1780. The van der Waals surface area contributed by atoms with E-state index in [4.69, 9.17) is 4.74 Å². The Balaban J connectivity index is 1.24. The molecule has 0 aliphatic carbocycles. The highest BCUT2D eigenvalue weighted by Crippen LogP contribution is 2.34. The minimum Gasteiger partial charge on any atom is -0.484 e. The Hall–Kier alpha value is -4.45. The number of pyridine rings is 2. The molecular weight excluding hydrogens is 450 g/mol. The predicted octanol–water partition coefficient (Wildman–Crippen LogP) is 5.11. The van der Waals surface area contributed by atoms with Gasteiger partial charge in [0.1, 0.15) is 5.75 Å². The molecule has 36 heavy (non-hydrogen) atoms. The van der Waals surface area contributed by atoms with Crippen molar-refractivity contribution in [3.63, 3.8) is 0 Å². The van der Waals surface area contributed by atoms with Crippen LogP contribution in [0.15, 0.2) is 89.9 Å². The Kier molecular flexibility index (Phi) is 5.49. The molecule has 1 N–H and O–H groups in total. The first-order valence-electron chi connectivity index (χ1n) is 12.1. The van der Waals surface area contributed by atoms with Crippen molar-refractivity contribution in [3.8, 4) is 5.75 Å². The van der Waals surface area contributed by atoms with Crippen LogP contribution in [-0.4, -0.2) is 27.9 Å². The SMILES string of the molecule is C[C@@H](CCc1ccccc1)NC(=O)COc1ccc2c(c1)c1ccnc3c4ccccc4c(=O)n2c13. The van der Waals surface area contributed by atoms with E-state index in [1.54, 1.807) is 16.7 Å². The average molecular weight is 476 g/mol. The smallest absolute Gasteiger partial charge is 0.263 e. The lowest BCUT2D eigenvalue weighted by Gasteiger charge is -2.14. The van der Waals surface area contributed by atoms with E-state index in [2.05, 4.69) is 22.4 Å². The van der Waals surface area contributed by atoms with Gasteiger partial charge in [0.25, 0.3) is 11.5 Å². The van der Waals surface area contributed by atoms with E-state index in [0.29, 0.717) is 11.1 Å². The second-order valence-corrected chi connectivity index (χ2v) is 9.20. The normalized spacial score (nSPS) is 12.5. The predicted molar refractivity (Wildman–Crippen MR) is 143 cm³/mol. The summed E-state index contributed by atoms with van der Waals surface area (Å²) in [5, 5.41) is 6.32. The van der Waals surface area contributed by atoms with E-state index in [1.165, 1.54) is 5.56 Å². The summed E-state index contributed by atoms with van der Waals surface area (Å²) in [5.74, 6) is 0.421. The van der Waals surface area contributed by atoms with Crippen LogP contribution in [0.1, 0.15) is 18.9 Å². The Morgan fingerprint density at radius 1 is 0.944 bits per heavy atom. The second-order valence-electron chi connectivity index (χ2n) is 9.20. The summed E-state index contributed by atoms with van der Waals surface area (Å²) in [6, 6.07) is 25.3. The number of amides is 1. The lowest BCUT2D eigenvalue weighted by molar-refractivity contribution is -0.123. The fraction of sp³-hybridized carbons (Fsp3) is 0.167. The van der Waals surface area contributed by atoms with Gasteiger partial charge in [0.2, 0.25) is 0 Å². The van der Waals surface area contributed by atoms with Gasteiger partial charge in [-0.3, -0.25) is 19.0 Å². The number of carbonyl (C=O) groups excluding carboxylic acids is 1. The van der Waals surface area contributed by atoms with E-state index >= 15 is 0 Å². The van der Waals surface area contributed by atoms with Crippen LogP contribution in [0.4, 0.5) is 0 Å². The largest absolute Gasteiger partial charge is 0.484 e. The molecular formula is C30H25N3O3. The molecule has 0 bridgehead atoms. The molecule has 6 rings (SSSR count). The molecule has 3 aromatic carbocycles. The van der Waals surface area contributed by atoms with Gasteiger partial charge < -0.3 is 10.1 Å². The van der Waals surface area contributed by atoms with Crippen LogP contribution in [0.2, 0.25) is 0 Å². The molecule has 178 valence electrons. The number of aromatic nitrogens is 2. The summed E-state index contributed by atoms with van der Waals surface area (Å²) in [7, 11) is 0. The van der Waals surface area contributed by atoms with Crippen molar-refractivity contribution in [1.29, 1.82) is 0 Å². The highest BCUT2D eigenvalue weighted by atomic mass is 16.5. The zero-order valence-corrected chi connectivity index (χ0v) is 19.9. The zero-order valence-electron chi connectivity index (χ0n) is 19.9. The third kappa shape index (κ3) is 3.81. The summed E-state index contributed by atoms with van der Waals surface area (Å²) in [5.41, 5.74) is 3.59. The average Bonchev–Trinajstić information content (AvgIpc) is 3.25. The van der Waals surface area contributed by atoms with Crippen LogP contribution < -0.4 is 15.6 Å². The number of benzene rings is 3. The number of aryl methyl sites for hydroxylation is 1. The van der Waals surface area contributed by atoms with Gasteiger partial charge in [0.05, 0.1) is 16.6 Å². The molecule has 0 saturated carbocycles. The fourth-order valence-electron chi connectivity index (χ4n) is 5.00. The number of nitrogens with one attached hydrogen (secondary N) is 1. The maximum absolute atomic E-state index is 13.4. The number of ether oxygens (including phenoxy) is 1. The molecule has 0 aliphatic heterocycles. The standard InChI is InChI=1S/C30H25N3O3/c1-19(11-12-20-7-3-2-4-8-20)32-27(34)18-36-21-13-14-26-25(17-21)23-15-16-31-28-22-9-5-6-10-24(22)30(35)33(26)29(23)28/h2-10,13-17,19H,11-12,18H2,1H3,(H,32,34)/t19-/m0/s1. The van der Waals surface area contributed by atoms with E-state index in [0.717, 1.165) is 45.6 Å². The Morgan fingerprint density at radius 2 is 1.72 bits per heavy atom. The molecule has 6 nitrogen and oxygen atoms in total. The monoisotopic (exact) mass is 475 g/mol. The molecule has 0 fully saturated rings. The maximum atomic E-state index is 13.4. The quantitative estimate of drug-likeness (QED) is 0.326. The van der Waals surface area contributed by atoms with E-state index in [9.17, 15) is 9.59 Å². The molecule has 3 heterocycles. The molecule has 1 atom stereocenters. The highest BCUT2D eigenvalue weighted by Gasteiger charge is 2.18. The van der Waals surface area contributed by atoms with Crippen LogP contribution >= 0.6 is 0 Å². The number of fused-ring (bicyclic) bond motifs is 5. The van der Waals surface area contributed by atoms with E-state index < -0.39 is 0 Å². The number of carbonyl (C=O) groups is 1. The molecule has 3 aromatic heterocycles. The Morgan fingerprint density at radius 3 is 2.56 bits per heavy atom. The summed E-state index contributed by atoms with van der Waals surface area (Å²) in [6.07, 6.45) is 3.53. The van der Waals surface area contributed by atoms with Crippen LogP contribution in [0.3, 0.4) is 0 Å². The minimum atomic E-state index is -0.159. The third-order valence-corrected chi connectivity index (χ3v) is 6.75. The maximum Gasteiger partial charge on any atom is 0.263 e. The molecule has 6 aromatic rings. The molecule has 0 saturated heterocycles. The number of rotatable bonds is 7. The number of hydrogen-bond donors (Lipinski definition) is 1. The molecule has 0 aliphatic rings. The summed E-state index contributed by atoms with van der Waals surface area (Å²) in [4.78, 5) is 30.5. The van der Waals surface area contributed by atoms with Gasteiger partial charge >= 0.3 is 0 Å². The molecule has 0 spiro atoms. The zero-order chi connectivity index (χ0) is 24.6. The number of nitrogens with zero attached hydrogens (tertiary/aromatic N) is 2. The van der Waals surface area contributed by atoms with E-state index in [1.807, 2.05) is 67.6 Å². The van der Waals surface area contributed by atoms with Crippen molar-refractivity contribution in [2.45, 2.75) is 25.8 Å². The summed E-state index contributed by atoms with van der Waals surface area (Å²) < 4.78 is 7.58. The van der Waals surface area contributed by atoms with E-state index in [-0.39, 0.29) is 24.1 Å². The van der Waals surface area contributed by atoms with Gasteiger partial charge in [-0.25, -0.2) is 0 Å². The van der Waals surface area contributed by atoms with Crippen molar-refractivity contribution >= 4 is 44.0 Å². The molecule has 0 unspecified atom stereocenters. The van der Waals surface area contributed by atoms with Crippen LogP contribution in [0.5, 0.6) is 5.75 Å². The molecule has 6 heteroatoms. The van der Waals surface area contributed by atoms with Gasteiger partial charge in [-0.1, -0.05) is 48.5 Å². The van der Waals surface area contributed by atoms with Crippen LogP contribution in [0.25, 0.3) is 38.1 Å². The van der Waals surface area contributed by atoms with Crippen molar-refractivity contribution in [1.82, 2.24) is 14.7 Å². The molecule has 0 radical (unpaired) electrons. The van der Waals surface area contributed by atoms with Crippen molar-refractivity contribution in [2.24, 2.45) is 0 Å². The Labute approximate surface area is 207 Å². The molecule has 1 amide bonds. The van der Waals surface area contributed by atoms with Crippen LogP contribution in [0, 0.1) is 0 Å². The van der Waals surface area contributed by atoms with Gasteiger partial charge in [-0.2, -0.15) is 0 Å². The van der Waals surface area contributed by atoms with Crippen molar-refractivity contribution < 1.29 is 9.53 Å². The second kappa shape index (κ2) is 8.96. The minimum absolute atomic E-state index is 0.0435. The lowest BCUT2D eigenvalue weighted by atomic mass is 10.1. The highest BCUT2D eigenvalue weighted by molar-refractivity contribution is 6.18. The van der Waals surface area contributed by atoms with Crippen molar-refractivity contribution in [3.05, 3.63) is 101 Å². The fourth-order valence-corrected chi connectivity index (χ4v) is 5.00. The van der Waals surface area contributed by atoms with Crippen molar-refractivity contribution in [2.75, 3.05) is 6.61 Å².